The normalized spacial score (nSPS) is 15.7. The van der Waals surface area contributed by atoms with Crippen LogP contribution in [0.5, 0.6) is 0 Å². The number of aromatic nitrogens is 3. The first-order valence-corrected chi connectivity index (χ1v) is 11.1. The Morgan fingerprint density at radius 3 is 2.48 bits per heavy atom. The average molecular weight is 447 g/mol. The van der Waals surface area contributed by atoms with Crippen molar-refractivity contribution in [3.05, 3.63) is 53.0 Å². The molecule has 2 heterocycles. The van der Waals surface area contributed by atoms with E-state index in [-0.39, 0.29) is 4.90 Å². The van der Waals surface area contributed by atoms with Crippen molar-refractivity contribution in [3.63, 3.8) is 0 Å². The molecule has 140 valence electrons. The molecule has 27 heavy (non-hydrogen) atoms. The number of piperidine rings is 1. The van der Waals surface area contributed by atoms with Crippen LogP contribution in [0.3, 0.4) is 0 Å². The van der Waals surface area contributed by atoms with Gasteiger partial charge in [-0.15, -0.1) is 0 Å². The quantitative estimate of drug-likeness (QED) is 0.654. The van der Waals surface area contributed by atoms with Gasteiger partial charge in [0.25, 0.3) is 0 Å². The number of aromatic amines is 1. The largest absolute Gasteiger partial charge is 0.259 e. The highest BCUT2D eigenvalue weighted by Crippen LogP contribution is 2.26. The van der Waals surface area contributed by atoms with Crippen LogP contribution in [-0.4, -0.2) is 41.0 Å². The van der Waals surface area contributed by atoms with E-state index >= 15 is 0 Å². The number of nitrogens with one attached hydrogen (secondary N) is 1. The van der Waals surface area contributed by atoms with Crippen molar-refractivity contribution in [1.29, 1.82) is 0 Å². The Kier molecular flexibility index (Phi) is 5.12. The summed E-state index contributed by atoms with van der Waals surface area (Å²) in [4.78, 5) is 4.82. The maximum absolute atomic E-state index is 12.9. The van der Waals surface area contributed by atoms with Gasteiger partial charge >= 0.3 is 0 Å². The number of hydrogen-bond acceptors (Lipinski definition) is 4. The average Bonchev–Trinajstić information content (AvgIpc) is 3.19. The van der Waals surface area contributed by atoms with Crippen LogP contribution in [0.15, 0.2) is 57.9 Å². The SMILES string of the molecule is O=S(=O)(c1cccc(-c2n[nH]c(-c3cccc(Br)c3)n2)c1)N1CCCCC1. The fourth-order valence-corrected chi connectivity index (χ4v) is 5.17. The Morgan fingerprint density at radius 2 is 1.70 bits per heavy atom. The predicted octanol–water partition coefficient (Wildman–Crippen LogP) is 4.08. The molecule has 0 bridgehead atoms. The Balaban J connectivity index is 1.65. The third kappa shape index (κ3) is 3.83. The summed E-state index contributed by atoms with van der Waals surface area (Å²) in [6.45, 7) is 1.17. The van der Waals surface area contributed by atoms with Gasteiger partial charge in [-0.3, -0.25) is 5.10 Å². The minimum absolute atomic E-state index is 0.288. The minimum Gasteiger partial charge on any atom is -0.259 e. The van der Waals surface area contributed by atoms with Crippen LogP contribution in [0.2, 0.25) is 0 Å². The van der Waals surface area contributed by atoms with Crippen LogP contribution in [0.4, 0.5) is 0 Å². The van der Waals surface area contributed by atoms with Crippen molar-refractivity contribution >= 4 is 26.0 Å². The van der Waals surface area contributed by atoms with Gasteiger partial charge in [-0.05, 0) is 37.1 Å². The molecule has 0 radical (unpaired) electrons. The summed E-state index contributed by atoms with van der Waals surface area (Å²) in [6, 6.07) is 14.6. The Bertz CT molecular complexity index is 1060. The summed E-state index contributed by atoms with van der Waals surface area (Å²) >= 11 is 3.45. The molecule has 2 aromatic carbocycles. The highest BCUT2D eigenvalue weighted by Gasteiger charge is 2.26. The van der Waals surface area contributed by atoms with Gasteiger partial charge in [-0.1, -0.05) is 46.6 Å². The monoisotopic (exact) mass is 446 g/mol. The molecule has 0 atom stereocenters. The molecule has 0 amide bonds. The second-order valence-electron chi connectivity index (χ2n) is 6.51. The first-order valence-electron chi connectivity index (χ1n) is 8.83. The number of halogens is 1. The first kappa shape index (κ1) is 18.3. The van der Waals surface area contributed by atoms with Gasteiger partial charge in [0.2, 0.25) is 10.0 Å². The molecule has 6 nitrogen and oxygen atoms in total. The highest BCUT2D eigenvalue weighted by atomic mass is 79.9. The first-order chi connectivity index (χ1) is 13.0. The van der Waals surface area contributed by atoms with Crippen LogP contribution < -0.4 is 0 Å². The van der Waals surface area contributed by atoms with E-state index in [0.717, 1.165) is 29.3 Å². The van der Waals surface area contributed by atoms with Crippen LogP contribution in [-0.2, 0) is 10.0 Å². The molecule has 8 heteroatoms. The fraction of sp³-hybridized carbons (Fsp3) is 0.263. The molecule has 0 aliphatic carbocycles. The summed E-state index contributed by atoms with van der Waals surface area (Å²) in [5.41, 5.74) is 1.57. The topological polar surface area (TPSA) is 79.0 Å². The van der Waals surface area contributed by atoms with E-state index in [1.54, 1.807) is 22.5 Å². The van der Waals surface area contributed by atoms with Gasteiger partial charge in [-0.25, -0.2) is 13.4 Å². The zero-order valence-corrected chi connectivity index (χ0v) is 17.0. The fourth-order valence-electron chi connectivity index (χ4n) is 3.21. The molecule has 0 unspecified atom stereocenters. The Hall–Kier alpha value is -2.03. The summed E-state index contributed by atoms with van der Waals surface area (Å²) in [6.07, 6.45) is 2.91. The molecule has 1 aromatic heterocycles. The number of rotatable bonds is 4. The lowest BCUT2D eigenvalue weighted by atomic mass is 10.2. The van der Waals surface area contributed by atoms with Crippen molar-refractivity contribution in [2.24, 2.45) is 0 Å². The van der Waals surface area contributed by atoms with E-state index < -0.39 is 10.0 Å². The van der Waals surface area contributed by atoms with Crippen LogP contribution >= 0.6 is 15.9 Å². The number of hydrogen-bond donors (Lipinski definition) is 1. The molecular formula is C19H19BrN4O2S. The third-order valence-electron chi connectivity index (χ3n) is 4.63. The van der Waals surface area contributed by atoms with E-state index in [9.17, 15) is 8.42 Å². The maximum atomic E-state index is 12.9. The van der Waals surface area contributed by atoms with Gasteiger partial charge in [0.15, 0.2) is 11.6 Å². The molecule has 1 fully saturated rings. The highest BCUT2D eigenvalue weighted by molar-refractivity contribution is 9.10. The zero-order chi connectivity index (χ0) is 18.9. The van der Waals surface area contributed by atoms with E-state index in [1.165, 1.54) is 0 Å². The lowest BCUT2D eigenvalue weighted by Crippen LogP contribution is -2.35. The second-order valence-corrected chi connectivity index (χ2v) is 9.36. The lowest BCUT2D eigenvalue weighted by molar-refractivity contribution is 0.346. The predicted molar refractivity (Wildman–Crippen MR) is 108 cm³/mol. The van der Waals surface area contributed by atoms with Gasteiger partial charge in [0.1, 0.15) is 0 Å². The molecule has 1 aliphatic heterocycles. The molecular weight excluding hydrogens is 428 g/mol. The van der Waals surface area contributed by atoms with E-state index in [2.05, 4.69) is 31.1 Å². The summed E-state index contributed by atoms with van der Waals surface area (Å²) in [7, 11) is -3.48. The van der Waals surface area contributed by atoms with Crippen molar-refractivity contribution in [1.82, 2.24) is 19.5 Å². The van der Waals surface area contributed by atoms with Crippen LogP contribution in [0.25, 0.3) is 22.8 Å². The molecule has 1 N–H and O–H groups in total. The molecule has 4 rings (SSSR count). The smallest absolute Gasteiger partial charge is 0.243 e. The molecule has 0 saturated carbocycles. The summed E-state index contributed by atoms with van der Waals surface area (Å²) < 4.78 is 28.3. The Morgan fingerprint density at radius 1 is 0.963 bits per heavy atom. The van der Waals surface area contributed by atoms with Crippen LogP contribution in [0, 0.1) is 0 Å². The molecule has 1 aliphatic rings. The summed E-state index contributed by atoms with van der Waals surface area (Å²) in [5.74, 6) is 1.11. The second kappa shape index (κ2) is 7.53. The van der Waals surface area contributed by atoms with Gasteiger partial charge in [0, 0.05) is 28.7 Å². The molecule has 3 aromatic rings. The summed E-state index contributed by atoms with van der Waals surface area (Å²) in [5, 5.41) is 7.20. The lowest BCUT2D eigenvalue weighted by Gasteiger charge is -2.25. The van der Waals surface area contributed by atoms with Gasteiger partial charge in [-0.2, -0.15) is 9.40 Å². The molecule has 1 saturated heterocycles. The van der Waals surface area contributed by atoms with Gasteiger partial charge < -0.3 is 0 Å². The van der Waals surface area contributed by atoms with Crippen molar-refractivity contribution in [2.45, 2.75) is 24.2 Å². The van der Waals surface area contributed by atoms with E-state index in [1.807, 2.05) is 30.3 Å². The van der Waals surface area contributed by atoms with Crippen molar-refractivity contribution < 1.29 is 8.42 Å². The van der Waals surface area contributed by atoms with E-state index in [4.69, 9.17) is 0 Å². The minimum atomic E-state index is -3.48. The van der Waals surface area contributed by atoms with Crippen molar-refractivity contribution in [3.8, 4) is 22.8 Å². The Labute approximate surface area is 166 Å². The number of benzene rings is 2. The van der Waals surface area contributed by atoms with Crippen LogP contribution in [0.1, 0.15) is 19.3 Å². The number of nitrogens with zero attached hydrogens (tertiary/aromatic N) is 3. The molecule has 0 spiro atoms. The standard InChI is InChI=1S/C19H19BrN4O2S/c20-16-8-4-6-14(12-16)18-21-19(23-22-18)15-7-5-9-17(13-15)27(25,26)24-10-2-1-3-11-24/h4-9,12-13H,1-3,10-11H2,(H,21,22,23). The number of sulfonamides is 1. The van der Waals surface area contributed by atoms with E-state index in [0.29, 0.717) is 30.3 Å². The maximum Gasteiger partial charge on any atom is 0.243 e. The zero-order valence-electron chi connectivity index (χ0n) is 14.6. The van der Waals surface area contributed by atoms with Crippen molar-refractivity contribution in [2.75, 3.05) is 13.1 Å². The third-order valence-corrected chi connectivity index (χ3v) is 7.02. The number of H-pyrrole nitrogens is 1. The van der Waals surface area contributed by atoms with Gasteiger partial charge in [0.05, 0.1) is 4.90 Å².